The Morgan fingerprint density at radius 1 is 1.50 bits per heavy atom. The Hall–Kier alpha value is -2.02. The lowest BCUT2D eigenvalue weighted by Crippen LogP contribution is -2.51. The summed E-state index contributed by atoms with van der Waals surface area (Å²) in [6, 6.07) is 3.10. The zero-order chi connectivity index (χ0) is 13.3. The molecule has 1 aromatic heterocycles. The van der Waals surface area contributed by atoms with Crippen LogP contribution in [0.3, 0.4) is 0 Å². The number of nitrogens with zero attached hydrogens (tertiary/aromatic N) is 2. The number of aryl methyl sites for hydroxylation is 1. The van der Waals surface area contributed by atoms with Crippen LogP contribution in [0.15, 0.2) is 12.1 Å². The fourth-order valence-corrected chi connectivity index (χ4v) is 1.77. The highest BCUT2D eigenvalue weighted by Crippen LogP contribution is 2.30. The van der Waals surface area contributed by atoms with E-state index < -0.39 is 17.1 Å². The minimum atomic E-state index is -0.647. The van der Waals surface area contributed by atoms with Crippen LogP contribution in [0, 0.1) is 17.0 Å². The molecule has 7 nitrogen and oxygen atoms in total. The van der Waals surface area contributed by atoms with Gasteiger partial charge in [0.2, 0.25) is 5.75 Å². The fourth-order valence-electron chi connectivity index (χ4n) is 1.77. The number of hydrogen-bond acceptors (Lipinski definition) is 6. The van der Waals surface area contributed by atoms with Crippen molar-refractivity contribution in [3.63, 3.8) is 0 Å². The van der Waals surface area contributed by atoms with Crippen LogP contribution in [0.25, 0.3) is 0 Å². The second-order valence-electron chi connectivity index (χ2n) is 4.01. The Balaban J connectivity index is 2.19. The second-order valence-corrected chi connectivity index (χ2v) is 4.01. The largest absolute Gasteiger partial charge is 0.479 e. The predicted molar refractivity (Wildman–Crippen MR) is 60.5 cm³/mol. The van der Waals surface area contributed by atoms with Gasteiger partial charge in [-0.05, 0) is 22.0 Å². The van der Waals surface area contributed by atoms with Crippen LogP contribution >= 0.6 is 0 Å². The van der Waals surface area contributed by atoms with Crippen molar-refractivity contribution in [2.24, 2.45) is 0 Å². The Morgan fingerprint density at radius 2 is 2.22 bits per heavy atom. The molecule has 0 amide bonds. The minimum absolute atomic E-state index is 0.0603. The van der Waals surface area contributed by atoms with Crippen LogP contribution in [0.1, 0.15) is 12.1 Å². The SMILES string of the molecule is COC1C(=O)CC1Oc1ccc(C)nc1[N+](=O)[O-]. The van der Waals surface area contributed by atoms with E-state index in [1.54, 1.807) is 13.0 Å². The first-order chi connectivity index (χ1) is 8.52. The van der Waals surface area contributed by atoms with Gasteiger partial charge in [0.05, 0.1) is 0 Å². The zero-order valence-corrected chi connectivity index (χ0v) is 9.95. The molecule has 0 aliphatic heterocycles. The van der Waals surface area contributed by atoms with Crippen molar-refractivity contribution >= 4 is 11.6 Å². The van der Waals surface area contributed by atoms with Crippen LogP contribution in [-0.4, -0.2) is 35.0 Å². The molecule has 7 heteroatoms. The van der Waals surface area contributed by atoms with Gasteiger partial charge in [0.25, 0.3) is 0 Å². The van der Waals surface area contributed by atoms with Gasteiger partial charge < -0.3 is 19.6 Å². The fraction of sp³-hybridized carbons (Fsp3) is 0.455. The lowest BCUT2D eigenvalue weighted by Gasteiger charge is -2.33. The first-order valence-corrected chi connectivity index (χ1v) is 5.37. The average molecular weight is 252 g/mol. The summed E-state index contributed by atoms with van der Waals surface area (Å²) in [5.74, 6) is -0.348. The third kappa shape index (κ3) is 2.17. The van der Waals surface area contributed by atoms with Crippen LogP contribution in [0.5, 0.6) is 5.75 Å². The van der Waals surface area contributed by atoms with Crippen LogP contribution < -0.4 is 4.74 Å². The lowest BCUT2D eigenvalue weighted by atomic mass is 9.90. The van der Waals surface area contributed by atoms with Gasteiger partial charge in [-0.25, -0.2) is 0 Å². The number of hydrogen-bond donors (Lipinski definition) is 0. The summed E-state index contributed by atoms with van der Waals surface area (Å²) in [5.41, 5.74) is 0.530. The molecule has 2 atom stereocenters. The molecule has 1 aromatic rings. The quantitative estimate of drug-likeness (QED) is 0.587. The monoisotopic (exact) mass is 252 g/mol. The third-order valence-corrected chi connectivity index (χ3v) is 2.74. The van der Waals surface area contributed by atoms with Crippen LogP contribution in [-0.2, 0) is 9.53 Å². The van der Waals surface area contributed by atoms with Crippen molar-refractivity contribution in [3.05, 3.63) is 27.9 Å². The summed E-state index contributed by atoms with van der Waals surface area (Å²) in [5, 5.41) is 10.8. The normalized spacial score (nSPS) is 22.4. The summed E-state index contributed by atoms with van der Waals surface area (Å²) in [4.78, 5) is 25.2. The number of methoxy groups -OCH3 is 1. The highest BCUT2D eigenvalue weighted by molar-refractivity contribution is 5.90. The molecule has 1 fully saturated rings. The molecule has 1 aliphatic rings. The number of pyridine rings is 1. The maximum Gasteiger partial charge on any atom is 0.406 e. The molecule has 1 aliphatic carbocycles. The van der Waals surface area contributed by atoms with E-state index in [4.69, 9.17) is 9.47 Å². The van der Waals surface area contributed by atoms with Gasteiger partial charge in [-0.3, -0.25) is 4.79 Å². The third-order valence-electron chi connectivity index (χ3n) is 2.74. The van der Waals surface area contributed by atoms with E-state index in [2.05, 4.69) is 4.98 Å². The van der Waals surface area contributed by atoms with E-state index >= 15 is 0 Å². The van der Waals surface area contributed by atoms with Gasteiger partial charge in [-0.15, -0.1) is 0 Å². The van der Waals surface area contributed by atoms with Crippen molar-refractivity contribution in [1.29, 1.82) is 0 Å². The van der Waals surface area contributed by atoms with Crippen LogP contribution in [0.4, 0.5) is 5.82 Å². The minimum Gasteiger partial charge on any atom is -0.479 e. The summed E-state index contributed by atoms with van der Waals surface area (Å²) in [7, 11) is 1.40. The number of ketones is 1. The Morgan fingerprint density at radius 3 is 2.78 bits per heavy atom. The summed E-state index contributed by atoms with van der Waals surface area (Å²) < 4.78 is 10.4. The molecule has 0 spiro atoms. The predicted octanol–water partition coefficient (Wildman–Crippen LogP) is 1.03. The molecule has 1 heterocycles. The van der Waals surface area contributed by atoms with Crippen molar-refractivity contribution in [3.8, 4) is 5.75 Å². The van der Waals surface area contributed by atoms with Gasteiger partial charge in [-0.2, -0.15) is 0 Å². The summed E-state index contributed by atoms with van der Waals surface area (Å²) in [6.07, 6.45) is -0.930. The van der Waals surface area contributed by atoms with Gasteiger partial charge in [0.1, 0.15) is 11.8 Å². The molecule has 2 rings (SSSR count). The molecule has 96 valence electrons. The molecule has 1 saturated carbocycles. The maximum atomic E-state index is 11.2. The molecular formula is C11H12N2O5. The smallest absolute Gasteiger partial charge is 0.406 e. The topological polar surface area (TPSA) is 91.6 Å². The number of nitro groups is 1. The Labute approximate surface area is 103 Å². The van der Waals surface area contributed by atoms with E-state index in [1.807, 2.05) is 0 Å². The number of carbonyl (C=O) groups excluding carboxylic acids is 1. The number of carbonyl (C=O) groups is 1. The Kier molecular flexibility index (Phi) is 3.24. The summed E-state index contributed by atoms with van der Waals surface area (Å²) in [6.45, 7) is 1.65. The second kappa shape index (κ2) is 4.69. The van der Waals surface area contributed by atoms with E-state index in [-0.39, 0.29) is 23.8 Å². The molecule has 0 N–H and O–H groups in total. The number of Topliss-reactive ketones (excluding diaryl/α,β-unsaturated/α-hetero) is 1. The molecule has 0 bridgehead atoms. The molecule has 18 heavy (non-hydrogen) atoms. The van der Waals surface area contributed by atoms with Gasteiger partial charge in [-0.1, -0.05) is 0 Å². The van der Waals surface area contributed by atoms with E-state index in [9.17, 15) is 14.9 Å². The Bertz CT molecular complexity index is 502. The number of aromatic nitrogens is 1. The van der Waals surface area contributed by atoms with Gasteiger partial charge in [0.15, 0.2) is 11.9 Å². The van der Waals surface area contributed by atoms with E-state index in [1.165, 1.54) is 13.2 Å². The zero-order valence-electron chi connectivity index (χ0n) is 9.95. The summed E-state index contributed by atoms with van der Waals surface area (Å²) >= 11 is 0. The molecule has 0 saturated heterocycles. The standard InChI is InChI=1S/C11H12N2O5/c1-6-3-4-8(11(12-6)13(15)16)18-9-5-7(14)10(9)17-2/h3-4,9-10H,5H2,1-2H3. The van der Waals surface area contributed by atoms with Gasteiger partial charge in [0, 0.05) is 20.5 Å². The first kappa shape index (κ1) is 12.4. The van der Waals surface area contributed by atoms with E-state index in [0.29, 0.717) is 5.69 Å². The average Bonchev–Trinajstić information content (AvgIpc) is 2.30. The van der Waals surface area contributed by atoms with Crippen molar-refractivity contribution in [1.82, 2.24) is 4.98 Å². The first-order valence-electron chi connectivity index (χ1n) is 5.37. The molecule has 0 radical (unpaired) electrons. The van der Waals surface area contributed by atoms with Crippen LogP contribution in [0.2, 0.25) is 0 Å². The number of ether oxygens (including phenoxy) is 2. The highest BCUT2D eigenvalue weighted by atomic mass is 16.6. The number of rotatable bonds is 4. The molecule has 2 unspecified atom stereocenters. The van der Waals surface area contributed by atoms with Crippen molar-refractivity contribution in [2.75, 3.05) is 7.11 Å². The lowest BCUT2D eigenvalue weighted by molar-refractivity contribution is -0.391. The van der Waals surface area contributed by atoms with Gasteiger partial charge >= 0.3 is 5.82 Å². The highest BCUT2D eigenvalue weighted by Gasteiger charge is 2.43. The molecule has 0 aromatic carbocycles. The maximum absolute atomic E-state index is 11.2. The van der Waals surface area contributed by atoms with Crippen molar-refractivity contribution in [2.45, 2.75) is 25.6 Å². The molecular weight excluding hydrogens is 240 g/mol. The van der Waals surface area contributed by atoms with Crippen molar-refractivity contribution < 1.29 is 19.2 Å². The van der Waals surface area contributed by atoms with E-state index in [0.717, 1.165) is 0 Å².